The summed E-state index contributed by atoms with van der Waals surface area (Å²) in [7, 11) is 0. The Hall–Kier alpha value is -1.41. The number of rotatable bonds is 5. The number of aliphatic imine (C=N–C) groups is 1. The van der Waals surface area contributed by atoms with E-state index in [1.165, 1.54) is 24.8 Å². The minimum atomic E-state index is 0. The second-order valence-electron chi connectivity index (χ2n) is 5.99. The van der Waals surface area contributed by atoms with Crippen molar-refractivity contribution in [3.05, 3.63) is 42.2 Å². The molecule has 0 saturated carbocycles. The number of aromatic nitrogens is 1. The van der Waals surface area contributed by atoms with Gasteiger partial charge in [-0.1, -0.05) is 31.2 Å². The first-order valence-electron chi connectivity index (χ1n) is 8.38. The lowest BCUT2D eigenvalue weighted by atomic mass is 10.1. The number of likely N-dealkylation sites (N-methyl/N-ethyl adjacent to an activating group) is 1. The van der Waals surface area contributed by atoms with E-state index in [2.05, 4.69) is 39.2 Å². The first kappa shape index (κ1) is 18.9. The molecular formula is C18H26IN5. The summed E-state index contributed by atoms with van der Waals surface area (Å²) in [6.07, 6.45) is 4.34. The molecule has 6 heteroatoms. The fourth-order valence-corrected chi connectivity index (χ4v) is 3.29. The normalized spacial score (nSPS) is 18.5. The molecule has 1 aliphatic heterocycles. The van der Waals surface area contributed by atoms with Gasteiger partial charge in [-0.15, -0.1) is 24.0 Å². The van der Waals surface area contributed by atoms with Gasteiger partial charge in [-0.05, 0) is 37.4 Å². The third-order valence-corrected chi connectivity index (χ3v) is 4.58. The number of guanidine groups is 1. The molecule has 2 heterocycles. The molecule has 1 fully saturated rings. The Bertz CT molecular complexity index is 683. The molecule has 1 aromatic carbocycles. The van der Waals surface area contributed by atoms with E-state index >= 15 is 0 Å². The number of halogens is 1. The molecule has 1 aliphatic rings. The summed E-state index contributed by atoms with van der Waals surface area (Å²) in [4.78, 5) is 11.4. The molecule has 1 aromatic heterocycles. The van der Waals surface area contributed by atoms with Gasteiger partial charge in [-0.2, -0.15) is 0 Å². The number of nitrogens with two attached hydrogens (primary N) is 1. The van der Waals surface area contributed by atoms with Crippen LogP contribution in [-0.2, 0) is 6.54 Å². The van der Waals surface area contributed by atoms with E-state index in [0.717, 1.165) is 24.2 Å². The van der Waals surface area contributed by atoms with Crippen molar-refractivity contribution in [1.29, 1.82) is 0 Å². The second kappa shape index (κ2) is 9.17. The van der Waals surface area contributed by atoms with Crippen molar-refractivity contribution >= 4 is 40.7 Å². The van der Waals surface area contributed by atoms with Gasteiger partial charge in [-0.25, -0.2) is 4.99 Å². The van der Waals surface area contributed by atoms with E-state index in [0.29, 0.717) is 18.5 Å². The van der Waals surface area contributed by atoms with E-state index in [-0.39, 0.29) is 24.0 Å². The minimum absolute atomic E-state index is 0. The van der Waals surface area contributed by atoms with Gasteiger partial charge in [0.05, 0.1) is 12.2 Å². The Morgan fingerprint density at radius 2 is 2.21 bits per heavy atom. The van der Waals surface area contributed by atoms with Crippen molar-refractivity contribution < 1.29 is 0 Å². The number of fused-ring (bicyclic) bond motifs is 1. The summed E-state index contributed by atoms with van der Waals surface area (Å²) < 4.78 is 0. The Kier molecular flexibility index (Phi) is 7.23. The highest BCUT2D eigenvalue weighted by Crippen LogP contribution is 2.17. The molecule has 24 heavy (non-hydrogen) atoms. The van der Waals surface area contributed by atoms with E-state index in [4.69, 9.17) is 5.73 Å². The molecular weight excluding hydrogens is 413 g/mol. The Balaban J connectivity index is 0.00000208. The Morgan fingerprint density at radius 1 is 1.38 bits per heavy atom. The number of hydrogen-bond acceptors (Lipinski definition) is 3. The summed E-state index contributed by atoms with van der Waals surface area (Å²) in [5.74, 6) is 0.502. The van der Waals surface area contributed by atoms with Gasteiger partial charge in [0.15, 0.2) is 5.96 Å². The van der Waals surface area contributed by atoms with Gasteiger partial charge in [0.25, 0.3) is 0 Å². The highest BCUT2D eigenvalue weighted by Gasteiger charge is 2.22. The summed E-state index contributed by atoms with van der Waals surface area (Å²) in [6.45, 7) is 5.87. The Morgan fingerprint density at radius 3 is 3.04 bits per heavy atom. The van der Waals surface area contributed by atoms with Gasteiger partial charge < -0.3 is 11.1 Å². The van der Waals surface area contributed by atoms with Crippen LogP contribution in [0.15, 0.2) is 41.5 Å². The van der Waals surface area contributed by atoms with E-state index in [1.54, 1.807) is 0 Å². The maximum Gasteiger partial charge on any atom is 0.189 e. The molecule has 2 aromatic rings. The standard InChI is InChI=1S/C18H25N5.HI/c1-2-23-11-5-7-15(23)12-21-18(19)22-13-17-16-8-4-3-6-14(16)9-10-20-17;/h3-4,6,8-10,15H,2,5,7,11-13H2,1H3,(H3,19,21,22);1H. The van der Waals surface area contributed by atoms with Crippen molar-refractivity contribution in [1.82, 2.24) is 15.2 Å². The first-order valence-corrected chi connectivity index (χ1v) is 8.38. The third-order valence-electron chi connectivity index (χ3n) is 4.58. The van der Waals surface area contributed by atoms with E-state index in [9.17, 15) is 0 Å². The lowest BCUT2D eigenvalue weighted by molar-refractivity contribution is 0.267. The zero-order valence-corrected chi connectivity index (χ0v) is 16.4. The van der Waals surface area contributed by atoms with Gasteiger partial charge in [0.1, 0.15) is 0 Å². The fraction of sp³-hybridized carbons (Fsp3) is 0.444. The molecule has 3 N–H and O–H groups in total. The molecule has 5 nitrogen and oxygen atoms in total. The third kappa shape index (κ3) is 4.57. The van der Waals surface area contributed by atoms with Crippen molar-refractivity contribution in [2.75, 3.05) is 19.6 Å². The highest BCUT2D eigenvalue weighted by molar-refractivity contribution is 14.0. The monoisotopic (exact) mass is 439 g/mol. The van der Waals surface area contributed by atoms with Crippen LogP contribution in [0.1, 0.15) is 25.5 Å². The van der Waals surface area contributed by atoms with Crippen LogP contribution in [0.3, 0.4) is 0 Å². The molecule has 0 aliphatic carbocycles. The lowest BCUT2D eigenvalue weighted by Gasteiger charge is -2.23. The van der Waals surface area contributed by atoms with Crippen molar-refractivity contribution in [3.63, 3.8) is 0 Å². The van der Waals surface area contributed by atoms with Gasteiger partial charge in [0.2, 0.25) is 0 Å². The van der Waals surface area contributed by atoms with Crippen molar-refractivity contribution in [2.24, 2.45) is 10.7 Å². The summed E-state index contributed by atoms with van der Waals surface area (Å²) in [6, 6.07) is 10.8. The minimum Gasteiger partial charge on any atom is -0.370 e. The molecule has 0 spiro atoms. The smallest absolute Gasteiger partial charge is 0.189 e. The van der Waals surface area contributed by atoms with Crippen LogP contribution in [0.4, 0.5) is 0 Å². The Labute approximate surface area is 160 Å². The molecule has 1 unspecified atom stereocenters. The van der Waals surface area contributed by atoms with E-state index in [1.807, 2.05) is 24.4 Å². The number of likely N-dealkylation sites (tertiary alicyclic amines) is 1. The van der Waals surface area contributed by atoms with Crippen molar-refractivity contribution in [3.8, 4) is 0 Å². The molecule has 0 amide bonds. The average molecular weight is 439 g/mol. The SMILES string of the molecule is CCN1CCCC1CNC(N)=NCc1nccc2ccccc12.I. The molecule has 1 atom stereocenters. The number of pyridine rings is 1. The summed E-state index contributed by atoms with van der Waals surface area (Å²) in [5, 5.41) is 5.59. The van der Waals surface area contributed by atoms with Crippen LogP contribution in [0, 0.1) is 0 Å². The summed E-state index contributed by atoms with van der Waals surface area (Å²) in [5.41, 5.74) is 6.99. The molecule has 3 rings (SSSR count). The topological polar surface area (TPSA) is 66.5 Å². The molecule has 0 bridgehead atoms. The number of nitrogens with zero attached hydrogens (tertiary/aromatic N) is 3. The van der Waals surface area contributed by atoms with Crippen LogP contribution < -0.4 is 11.1 Å². The van der Waals surface area contributed by atoms with Crippen LogP contribution in [-0.4, -0.2) is 41.5 Å². The molecule has 130 valence electrons. The van der Waals surface area contributed by atoms with Crippen LogP contribution in [0.25, 0.3) is 10.8 Å². The van der Waals surface area contributed by atoms with Gasteiger partial charge in [-0.3, -0.25) is 9.88 Å². The highest BCUT2D eigenvalue weighted by atomic mass is 127. The van der Waals surface area contributed by atoms with Crippen LogP contribution in [0.2, 0.25) is 0 Å². The molecule has 1 saturated heterocycles. The maximum atomic E-state index is 6.02. The summed E-state index contributed by atoms with van der Waals surface area (Å²) >= 11 is 0. The number of hydrogen-bond donors (Lipinski definition) is 2. The quantitative estimate of drug-likeness (QED) is 0.427. The number of benzene rings is 1. The number of nitrogens with one attached hydrogen (secondary N) is 1. The zero-order chi connectivity index (χ0) is 16.1. The predicted octanol–water partition coefficient (Wildman–Crippen LogP) is 2.74. The maximum absolute atomic E-state index is 6.02. The van der Waals surface area contributed by atoms with Gasteiger partial charge in [0, 0.05) is 24.2 Å². The average Bonchev–Trinajstić information content (AvgIpc) is 3.05. The largest absolute Gasteiger partial charge is 0.370 e. The van der Waals surface area contributed by atoms with Crippen LogP contribution in [0.5, 0.6) is 0 Å². The second-order valence-corrected chi connectivity index (χ2v) is 5.99. The van der Waals surface area contributed by atoms with Crippen LogP contribution >= 0.6 is 24.0 Å². The van der Waals surface area contributed by atoms with Crippen molar-refractivity contribution in [2.45, 2.75) is 32.4 Å². The molecule has 0 radical (unpaired) electrons. The fourth-order valence-electron chi connectivity index (χ4n) is 3.29. The predicted molar refractivity (Wildman–Crippen MR) is 111 cm³/mol. The van der Waals surface area contributed by atoms with E-state index < -0.39 is 0 Å². The first-order chi connectivity index (χ1) is 11.3. The lowest BCUT2D eigenvalue weighted by Crippen LogP contribution is -2.42. The zero-order valence-electron chi connectivity index (χ0n) is 14.1. The van der Waals surface area contributed by atoms with Gasteiger partial charge >= 0.3 is 0 Å².